The number of hydrogen-bond donors (Lipinski definition) is 0. The number of rotatable bonds is 3. The number of nitrogens with zero attached hydrogens (tertiary/aromatic N) is 3. The number of likely N-dealkylation sites (tertiary alicyclic amines) is 1. The highest BCUT2D eigenvalue weighted by atomic mass is 16.5. The van der Waals surface area contributed by atoms with E-state index in [-0.39, 0.29) is 11.6 Å². The molecule has 0 bridgehead atoms. The number of amides is 1. The lowest BCUT2D eigenvalue weighted by Crippen LogP contribution is -2.41. The topological polar surface area (TPSA) is 64.4 Å². The minimum absolute atomic E-state index is 0.0597. The lowest BCUT2D eigenvalue weighted by atomic mass is 10.00. The van der Waals surface area contributed by atoms with Gasteiger partial charge in [0, 0.05) is 13.1 Å². The molecule has 1 amide bonds. The molecular formula is C19H23N3O3. The molecule has 6 heteroatoms. The zero-order valence-electron chi connectivity index (χ0n) is 14.9. The lowest BCUT2D eigenvalue weighted by Gasteiger charge is -2.30. The Kier molecular flexibility index (Phi) is 4.88. The monoisotopic (exact) mass is 341 g/mol. The average molecular weight is 341 g/mol. The molecule has 0 N–H and O–H groups in total. The van der Waals surface area contributed by atoms with Crippen molar-refractivity contribution >= 4 is 5.91 Å². The Hall–Kier alpha value is -2.63. The van der Waals surface area contributed by atoms with Crippen LogP contribution in [0.4, 0.5) is 0 Å². The van der Waals surface area contributed by atoms with Crippen LogP contribution < -0.4 is 10.2 Å². The third kappa shape index (κ3) is 3.57. The predicted octanol–water partition coefficient (Wildman–Crippen LogP) is 2.42. The number of piperidine rings is 1. The normalized spacial score (nSPS) is 17.4. The molecule has 2 heterocycles. The molecule has 1 atom stereocenters. The van der Waals surface area contributed by atoms with E-state index >= 15 is 0 Å². The first kappa shape index (κ1) is 17.2. The Labute approximate surface area is 147 Å². The molecule has 0 aliphatic carbocycles. The van der Waals surface area contributed by atoms with Crippen molar-refractivity contribution in [2.24, 2.45) is 5.92 Å². The molecule has 0 saturated carbocycles. The Morgan fingerprint density at radius 3 is 2.64 bits per heavy atom. The third-order valence-corrected chi connectivity index (χ3v) is 4.53. The zero-order chi connectivity index (χ0) is 18.0. The molecule has 1 aliphatic rings. The molecule has 0 spiro atoms. The molecule has 25 heavy (non-hydrogen) atoms. The Balaban J connectivity index is 2.02. The lowest BCUT2D eigenvalue weighted by molar-refractivity contribution is 0.0673. The molecule has 1 fully saturated rings. The highest BCUT2D eigenvalue weighted by Gasteiger charge is 2.26. The minimum Gasteiger partial charge on any atom is -0.481 e. The summed E-state index contributed by atoms with van der Waals surface area (Å²) < 4.78 is 6.79. The number of carbonyl (C=O) groups is 1. The van der Waals surface area contributed by atoms with E-state index in [1.165, 1.54) is 17.9 Å². The number of benzene rings is 1. The first-order valence-electron chi connectivity index (χ1n) is 8.54. The van der Waals surface area contributed by atoms with Gasteiger partial charge in [-0.1, -0.05) is 24.6 Å². The summed E-state index contributed by atoms with van der Waals surface area (Å²) >= 11 is 0. The van der Waals surface area contributed by atoms with E-state index < -0.39 is 5.43 Å². The van der Waals surface area contributed by atoms with Crippen LogP contribution >= 0.6 is 0 Å². The molecule has 132 valence electrons. The van der Waals surface area contributed by atoms with E-state index in [1.807, 2.05) is 31.2 Å². The van der Waals surface area contributed by atoms with Crippen molar-refractivity contribution in [3.63, 3.8) is 0 Å². The molecule has 1 aromatic heterocycles. The number of aryl methyl sites for hydroxylation is 1. The predicted molar refractivity (Wildman–Crippen MR) is 95.4 cm³/mol. The van der Waals surface area contributed by atoms with E-state index in [1.54, 1.807) is 4.90 Å². The van der Waals surface area contributed by atoms with Gasteiger partial charge >= 0.3 is 0 Å². The second-order valence-corrected chi connectivity index (χ2v) is 6.65. The summed E-state index contributed by atoms with van der Waals surface area (Å²) in [5.74, 6) is 0.438. The average Bonchev–Trinajstić information content (AvgIpc) is 2.61. The smallest absolute Gasteiger partial charge is 0.278 e. The second-order valence-electron chi connectivity index (χ2n) is 6.65. The van der Waals surface area contributed by atoms with Crippen LogP contribution in [0.3, 0.4) is 0 Å². The summed E-state index contributed by atoms with van der Waals surface area (Å²) in [5, 5.41) is 4.33. The van der Waals surface area contributed by atoms with Crippen molar-refractivity contribution in [1.82, 2.24) is 14.7 Å². The van der Waals surface area contributed by atoms with Gasteiger partial charge in [-0.3, -0.25) is 9.59 Å². The number of ether oxygens (including phenoxy) is 1. The second kappa shape index (κ2) is 7.09. The molecular weight excluding hydrogens is 318 g/mol. The number of carbonyl (C=O) groups excluding carboxylic acids is 1. The zero-order valence-corrected chi connectivity index (χ0v) is 14.9. The summed E-state index contributed by atoms with van der Waals surface area (Å²) in [6.07, 6.45) is 2.06. The van der Waals surface area contributed by atoms with Gasteiger partial charge in [0.05, 0.1) is 18.9 Å². The first-order valence-corrected chi connectivity index (χ1v) is 8.54. The van der Waals surface area contributed by atoms with Crippen LogP contribution in [0.2, 0.25) is 0 Å². The molecule has 1 saturated heterocycles. The van der Waals surface area contributed by atoms with Crippen molar-refractivity contribution in [3.05, 3.63) is 51.8 Å². The van der Waals surface area contributed by atoms with Crippen LogP contribution in [0.25, 0.3) is 5.69 Å². The fourth-order valence-electron chi connectivity index (χ4n) is 3.13. The maximum atomic E-state index is 12.8. The van der Waals surface area contributed by atoms with Crippen LogP contribution in [-0.4, -0.2) is 40.8 Å². The van der Waals surface area contributed by atoms with Crippen molar-refractivity contribution < 1.29 is 9.53 Å². The van der Waals surface area contributed by atoms with Gasteiger partial charge in [-0.2, -0.15) is 5.10 Å². The molecule has 2 aromatic rings. The third-order valence-electron chi connectivity index (χ3n) is 4.53. The van der Waals surface area contributed by atoms with Gasteiger partial charge in [-0.25, -0.2) is 4.68 Å². The summed E-state index contributed by atoms with van der Waals surface area (Å²) in [4.78, 5) is 26.9. The molecule has 0 radical (unpaired) electrons. The van der Waals surface area contributed by atoms with Crippen molar-refractivity contribution in [2.75, 3.05) is 20.2 Å². The summed E-state index contributed by atoms with van der Waals surface area (Å²) in [6.45, 7) is 5.44. The minimum atomic E-state index is -0.413. The Morgan fingerprint density at radius 1 is 1.28 bits per heavy atom. The van der Waals surface area contributed by atoms with Gasteiger partial charge in [0.25, 0.3) is 5.91 Å². The van der Waals surface area contributed by atoms with E-state index in [0.29, 0.717) is 24.9 Å². The van der Waals surface area contributed by atoms with E-state index in [0.717, 1.165) is 24.1 Å². The first-order chi connectivity index (χ1) is 12.0. The maximum Gasteiger partial charge on any atom is 0.278 e. The molecule has 3 rings (SSSR count). The van der Waals surface area contributed by atoms with E-state index in [9.17, 15) is 9.59 Å². The van der Waals surface area contributed by atoms with Gasteiger partial charge in [-0.05, 0) is 37.8 Å². The van der Waals surface area contributed by atoms with E-state index in [4.69, 9.17) is 4.74 Å². The van der Waals surface area contributed by atoms with E-state index in [2.05, 4.69) is 12.0 Å². The quantitative estimate of drug-likeness (QED) is 0.860. The van der Waals surface area contributed by atoms with Crippen LogP contribution in [0.5, 0.6) is 5.88 Å². The molecule has 0 unspecified atom stereocenters. The number of methoxy groups -OCH3 is 1. The van der Waals surface area contributed by atoms with Gasteiger partial charge in [0.2, 0.25) is 11.3 Å². The molecule has 1 aromatic carbocycles. The summed E-state index contributed by atoms with van der Waals surface area (Å²) in [7, 11) is 1.48. The maximum absolute atomic E-state index is 12.8. The van der Waals surface area contributed by atoms with Crippen molar-refractivity contribution in [3.8, 4) is 11.6 Å². The SMILES string of the molecule is COc1cc(=O)c(C(=O)N2CCC[C@@H](C)C2)nn1-c1ccc(C)cc1. The number of aromatic nitrogens is 2. The van der Waals surface area contributed by atoms with Gasteiger partial charge < -0.3 is 9.64 Å². The van der Waals surface area contributed by atoms with Gasteiger partial charge in [0.15, 0.2) is 5.69 Å². The molecule has 1 aliphatic heterocycles. The van der Waals surface area contributed by atoms with Crippen molar-refractivity contribution in [1.29, 1.82) is 0 Å². The highest BCUT2D eigenvalue weighted by molar-refractivity contribution is 5.92. The van der Waals surface area contributed by atoms with Crippen molar-refractivity contribution in [2.45, 2.75) is 26.7 Å². The van der Waals surface area contributed by atoms with Crippen LogP contribution in [-0.2, 0) is 0 Å². The van der Waals surface area contributed by atoms with Gasteiger partial charge in [-0.15, -0.1) is 0 Å². The van der Waals surface area contributed by atoms with Crippen LogP contribution in [0, 0.1) is 12.8 Å². The van der Waals surface area contributed by atoms with Crippen LogP contribution in [0.15, 0.2) is 35.1 Å². The fourth-order valence-corrected chi connectivity index (χ4v) is 3.13. The van der Waals surface area contributed by atoms with Gasteiger partial charge in [0.1, 0.15) is 0 Å². The standard InChI is InChI=1S/C19H23N3O3/c1-13-6-8-15(9-7-13)22-17(25-3)11-16(23)18(20-22)19(24)21-10-4-5-14(2)12-21/h6-9,11,14H,4-5,10,12H2,1-3H3/t14-/m1/s1. The fraction of sp³-hybridized carbons (Fsp3) is 0.421. The Morgan fingerprint density at radius 2 is 2.00 bits per heavy atom. The summed E-state index contributed by atoms with van der Waals surface area (Å²) in [5.41, 5.74) is 1.38. The number of hydrogen-bond acceptors (Lipinski definition) is 4. The van der Waals surface area contributed by atoms with Crippen LogP contribution in [0.1, 0.15) is 35.8 Å². The molecule has 6 nitrogen and oxygen atoms in total. The largest absolute Gasteiger partial charge is 0.481 e. The highest BCUT2D eigenvalue weighted by Crippen LogP contribution is 2.19. The summed E-state index contributed by atoms with van der Waals surface area (Å²) in [6, 6.07) is 8.98. The Bertz CT molecular complexity index is 827.